The van der Waals surface area contributed by atoms with E-state index < -0.39 is 0 Å². The van der Waals surface area contributed by atoms with Crippen molar-refractivity contribution in [1.82, 2.24) is 4.98 Å². The summed E-state index contributed by atoms with van der Waals surface area (Å²) < 4.78 is 0. The van der Waals surface area contributed by atoms with Crippen LogP contribution in [0.1, 0.15) is 11.1 Å². The van der Waals surface area contributed by atoms with E-state index >= 15 is 0 Å². The molecule has 1 aromatic heterocycles. The summed E-state index contributed by atoms with van der Waals surface area (Å²) in [4.78, 5) is 6.30. The molecule has 100 valence electrons. The molecule has 0 aliphatic heterocycles. The van der Waals surface area contributed by atoms with Gasteiger partial charge in [0.2, 0.25) is 0 Å². The van der Waals surface area contributed by atoms with Gasteiger partial charge in [-0.1, -0.05) is 35.3 Å². The Labute approximate surface area is 123 Å². The van der Waals surface area contributed by atoms with E-state index in [4.69, 9.17) is 28.9 Å². The molecule has 1 heterocycles. The Morgan fingerprint density at radius 1 is 1.16 bits per heavy atom. The van der Waals surface area contributed by atoms with E-state index in [-0.39, 0.29) is 0 Å². The van der Waals surface area contributed by atoms with Gasteiger partial charge in [-0.15, -0.1) is 0 Å². The van der Waals surface area contributed by atoms with E-state index in [1.165, 1.54) is 0 Å². The first-order valence-electron chi connectivity index (χ1n) is 5.91. The van der Waals surface area contributed by atoms with Crippen LogP contribution in [0.5, 0.6) is 0 Å². The van der Waals surface area contributed by atoms with E-state index in [2.05, 4.69) is 4.98 Å². The maximum atomic E-state index is 6.29. The zero-order valence-electron chi connectivity index (χ0n) is 10.6. The lowest BCUT2D eigenvalue weighted by Crippen LogP contribution is -2.18. The molecule has 0 fully saturated rings. The quantitative estimate of drug-likeness (QED) is 0.939. The largest absolute Gasteiger partial charge is 0.354 e. The van der Waals surface area contributed by atoms with Gasteiger partial charge in [-0.25, -0.2) is 4.98 Å². The van der Waals surface area contributed by atoms with Crippen LogP contribution >= 0.6 is 23.2 Å². The lowest BCUT2D eigenvalue weighted by Gasteiger charge is -2.20. The Morgan fingerprint density at radius 3 is 2.47 bits per heavy atom. The first-order chi connectivity index (χ1) is 9.11. The molecule has 0 aliphatic rings. The van der Waals surface area contributed by atoms with Gasteiger partial charge in [-0.3, -0.25) is 0 Å². The summed E-state index contributed by atoms with van der Waals surface area (Å²) in [5, 5.41) is 1.34. The SMILES string of the molecule is CN(Cc1ccc(Cl)cc1)c1nccc(CN)c1Cl. The number of aromatic nitrogens is 1. The topological polar surface area (TPSA) is 42.2 Å². The number of nitrogens with two attached hydrogens (primary N) is 1. The summed E-state index contributed by atoms with van der Waals surface area (Å²) >= 11 is 12.2. The Hall–Kier alpha value is -1.29. The van der Waals surface area contributed by atoms with Gasteiger partial charge in [-0.05, 0) is 29.3 Å². The van der Waals surface area contributed by atoms with Crippen molar-refractivity contribution in [1.29, 1.82) is 0 Å². The van der Waals surface area contributed by atoms with E-state index in [1.807, 2.05) is 42.3 Å². The van der Waals surface area contributed by atoms with E-state index in [1.54, 1.807) is 6.20 Å². The minimum absolute atomic E-state index is 0.406. The molecule has 5 heteroatoms. The van der Waals surface area contributed by atoms with Gasteiger partial charge in [-0.2, -0.15) is 0 Å². The fourth-order valence-electron chi connectivity index (χ4n) is 1.83. The fourth-order valence-corrected chi connectivity index (χ4v) is 2.29. The Kier molecular flexibility index (Phi) is 4.64. The highest BCUT2D eigenvalue weighted by atomic mass is 35.5. The van der Waals surface area contributed by atoms with Gasteiger partial charge in [0.15, 0.2) is 0 Å². The van der Waals surface area contributed by atoms with Gasteiger partial charge >= 0.3 is 0 Å². The highest BCUT2D eigenvalue weighted by Crippen LogP contribution is 2.26. The Balaban J connectivity index is 2.20. The van der Waals surface area contributed by atoms with Crippen LogP contribution in [0.4, 0.5) is 5.82 Å². The third kappa shape index (κ3) is 3.38. The van der Waals surface area contributed by atoms with E-state index in [0.717, 1.165) is 22.0 Å². The molecule has 0 amide bonds. The van der Waals surface area contributed by atoms with Crippen molar-refractivity contribution in [3.63, 3.8) is 0 Å². The predicted octanol–water partition coefficient (Wildman–Crippen LogP) is 3.48. The zero-order chi connectivity index (χ0) is 13.8. The molecule has 1 aromatic carbocycles. The summed E-state index contributed by atoms with van der Waals surface area (Å²) in [5.74, 6) is 0.736. The summed E-state index contributed by atoms with van der Waals surface area (Å²) in [7, 11) is 1.95. The second-order valence-corrected chi connectivity index (χ2v) is 5.11. The van der Waals surface area contributed by atoms with E-state index in [9.17, 15) is 0 Å². The molecule has 0 atom stereocenters. The molecule has 0 aliphatic carbocycles. The molecule has 0 radical (unpaired) electrons. The summed E-state index contributed by atoms with van der Waals surface area (Å²) in [6, 6.07) is 9.55. The van der Waals surface area contributed by atoms with Gasteiger partial charge in [0.05, 0.1) is 5.02 Å². The predicted molar refractivity (Wildman–Crippen MR) is 80.7 cm³/mol. The molecular weight excluding hydrogens is 281 g/mol. The first-order valence-corrected chi connectivity index (χ1v) is 6.66. The number of rotatable bonds is 4. The van der Waals surface area contributed by atoms with Crippen molar-refractivity contribution in [3.05, 3.63) is 57.7 Å². The number of hydrogen-bond donors (Lipinski definition) is 1. The molecule has 2 N–H and O–H groups in total. The number of benzene rings is 1. The number of anilines is 1. The molecule has 0 saturated carbocycles. The first kappa shape index (κ1) is 14.1. The van der Waals surface area contributed by atoms with Crippen LogP contribution in [0.15, 0.2) is 36.5 Å². The number of nitrogens with zero attached hydrogens (tertiary/aromatic N) is 2. The van der Waals surface area contributed by atoms with Crippen LogP contribution in [-0.4, -0.2) is 12.0 Å². The van der Waals surface area contributed by atoms with Crippen molar-refractivity contribution in [2.75, 3.05) is 11.9 Å². The molecular formula is C14H15Cl2N3. The van der Waals surface area contributed by atoms with Crippen LogP contribution in [0.3, 0.4) is 0 Å². The Morgan fingerprint density at radius 2 is 1.84 bits per heavy atom. The van der Waals surface area contributed by atoms with Gasteiger partial charge in [0.1, 0.15) is 5.82 Å². The molecule has 0 spiro atoms. The third-order valence-electron chi connectivity index (χ3n) is 2.87. The normalized spacial score (nSPS) is 10.5. The van der Waals surface area contributed by atoms with Crippen LogP contribution < -0.4 is 10.6 Å². The summed E-state index contributed by atoms with van der Waals surface area (Å²) in [5.41, 5.74) is 7.68. The highest BCUT2D eigenvalue weighted by Gasteiger charge is 2.11. The third-order valence-corrected chi connectivity index (χ3v) is 3.53. The lowest BCUT2D eigenvalue weighted by atomic mass is 10.2. The molecule has 0 unspecified atom stereocenters. The van der Waals surface area contributed by atoms with Gasteiger partial charge in [0, 0.05) is 31.4 Å². The van der Waals surface area contributed by atoms with E-state index in [0.29, 0.717) is 18.1 Å². The smallest absolute Gasteiger partial charge is 0.147 e. The van der Waals surface area contributed by atoms with Crippen molar-refractivity contribution < 1.29 is 0 Å². The zero-order valence-corrected chi connectivity index (χ0v) is 12.1. The summed E-state index contributed by atoms with van der Waals surface area (Å²) in [6.45, 7) is 1.11. The molecule has 2 aromatic rings. The average molecular weight is 296 g/mol. The second-order valence-electron chi connectivity index (χ2n) is 4.29. The second kappa shape index (κ2) is 6.24. The molecule has 2 rings (SSSR count). The molecule has 0 saturated heterocycles. The van der Waals surface area contributed by atoms with Crippen molar-refractivity contribution >= 4 is 29.0 Å². The van der Waals surface area contributed by atoms with Crippen LogP contribution in [0, 0.1) is 0 Å². The van der Waals surface area contributed by atoms with Crippen LogP contribution in [0.2, 0.25) is 10.0 Å². The number of pyridine rings is 1. The van der Waals surface area contributed by atoms with Crippen LogP contribution in [-0.2, 0) is 13.1 Å². The van der Waals surface area contributed by atoms with Crippen LogP contribution in [0.25, 0.3) is 0 Å². The fraction of sp³-hybridized carbons (Fsp3) is 0.214. The maximum Gasteiger partial charge on any atom is 0.147 e. The van der Waals surface area contributed by atoms with Gasteiger partial charge < -0.3 is 10.6 Å². The molecule has 0 bridgehead atoms. The molecule has 3 nitrogen and oxygen atoms in total. The lowest BCUT2D eigenvalue weighted by molar-refractivity contribution is 0.892. The maximum absolute atomic E-state index is 6.29. The van der Waals surface area contributed by atoms with Crippen molar-refractivity contribution in [2.24, 2.45) is 5.73 Å². The molecule has 19 heavy (non-hydrogen) atoms. The van der Waals surface area contributed by atoms with Crippen molar-refractivity contribution in [3.8, 4) is 0 Å². The number of hydrogen-bond acceptors (Lipinski definition) is 3. The van der Waals surface area contributed by atoms with Crippen molar-refractivity contribution in [2.45, 2.75) is 13.1 Å². The summed E-state index contributed by atoms with van der Waals surface area (Å²) in [6.07, 6.45) is 1.72. The monoisotopic (exact) mass is 295 g/mol. The highest BCUT2D eigenvalue weighted by molar-refractivity contribution is 6.33. The standard InChI is InChI=1S/C14H15Cl2N3/c1-19(9-10-2-4-12(15)5-3-10)14-13(16)11(8-17)6-7-18-14/h2-7H,8-9,17H2,1H3. The minimum atomic E-state index is 0.406. The van der Waals surface area contributed by atoms with Gasteiger partial charge in [0.25, 0.3) is 0 Å². The average Bonchev–Trinajstić information content (AvgIpc) is 2.41. The minimum Gasteiger partial charge on any atom is -0.354 e. The number of halogens is 2. The Bertz CT molecular complexity index is 555.